The van der Waals surface area contributed by atoms with Crippen LogP contribution in [-0.2, 0) is 6.54 Å². The molecule has 1 saturated heterocycles. The molecule has 1 amide bonds. The quantitative estimate of drug-likeness (QED) is 0.632. The largest absolute Gasteiger partial charge is 0.487 e. The summed E-state index contributed by atoms with van der Waals surface area (Å²) in [4.78, 5) is 14.7. The van der Waals surface area contributed by atoms with Gasteiger partial charge in [0.05, 0.1) is 18.3 Å². The minimum absolute atomic E-state index is 0.0409. The van der Waals surface area contributed by atoms with Gasteiger partial charge in [-0.1, -0.05) is 30.3 Å². The fraction of sp³-hybridized carbons (Fsp3) is 0.304. The first-order valence-electron chi connectivity index (χ1n) is 9.98. The van der Waals surface area contributed by atoms with Crippen molar-refractivity contribution in [2.24, 2.45) is 0 Å². The van der Waals surface area contributed by atoms with Crippen LogP contribution >= 0.6 is 0 Å². The Hall–Kier alpha value is -3.22. The van der Waals surface area contributed by atoms with E-state index in [1.54, 1.807) is 11.1 Å². The molecule has 156 valence electrons. The van der Waals surface area contributed by atoms with E-state index in [9.17, 15) is 13.6 Å². The van der Waals surface area contributed by atoms with Crippen LogP contribution in [0, 0.1) is 18.6 Å². The van der Waals surface area contributed by atoms with Crippen molar-refractivity contribution in [1.29, 1.82) is 0 Å². The second-order valence-corrected chi connectivity index (χ2v) is 7.47. The van der Waals surface area contributed by atoms with Crippen LogP contribution in [0.1, 0.15) is 34.5 Å². The Bertz CT molecular complexity index is 1030. The van der Waals surface area contributed by atoms with Crippen LogP contribution in [0.25, 0.3) is 0 Å². The third-order valence-electron chi connectivity index (χ3n) is 5.43. The zero-order valence-electron chi connectivity index (χ0n) is 16.7. The third kappa shape index (κ3) is 4.35. The molecule has 0 saturated carbocycles. The van der Waals surface area contributed by atoms with E-state index in [0.29, 0.717) is 38.0 Å². The van der Waals surface area contributed by atoms with E-state index in [1.165, 1.54) is 12.1 Å². The van der Waals surface area contributed by atoms with Gasteiger partial charge >= 0.3 is 0 Å². The lowest BCUT2D eigenvalue weighted by atomic mass is 10.1. The molecule has 0 spiro atoms. The average molecular weight is 411 g/mol. The Morgan fingerprint density at radius 1 is 1.13 bits per heavy atom. The number of rotatable bonds is 5. The molecule has 7 heteroatoms. The normalized spacial score (nSPS) is 14.7. The molecule has 1 aliphatic rings. The van der Waals surface area contributed by atoms with Crippen LogP contribution in [0.4, 0.5) is 8.78 Å². The fourth-order valence-electron chi connectivity index (χ4n) is 3.67. The molecule has 5 nitrogen and oxygen atoms in total. The van der Waals surface area contributed by atoms with Crippen molar-refractivity contribution in [3.05, 3.63) is 83.2 Å². The first-order valence-corrected chi connectivity index (χ1v) is 9.98. The molecule has 2 aromatic carbocycles. The summed E-state index contributed by atoms with van der Waals surface area (Å²) in [7, 11) is 0. The summed E-state index contributed by atoms with van der Waals surface area (Å²) < 4.78 is 34.3. The Labute approximate surface area is 173 Å². The smallest absolute Gasteiger partial charge is 0.257 e. The number of benzene rings is 2. The number of hydrogen-bond donors (Lipinski definition) is 0. The van der Waals surface area contributed by atoms with Crippen molar-refractivity contribution in [1.82, 2.24) is 14.7 Å². The second-order valence-electron chi connectivity index (χ2n) is 7.47. The lowest BCUT2D eigenvalue weighted by Crippen LogP contribution is -2.42. The highest BCUT2D eigenvalue weighted by molar-refractivity contribution is 5.95. The van der Waals surface area contributed by atoms with E-state index in [1.807, 2.05) is 41.9 Å². The summed E-state index contributed by atoms with van der Waals surface area (Å²) >= 11 is 0. The summed E-state index contributed by atoms with van der Waals surface area (Å²) in [5.74, 6) is -1.36. The number of ether oxygens (including phenoxy) is 1. The fourth-order valence-corrected chi connectivity index (χ4v) is 3.67. The SMILES string of the molecule is Cc1c(C(=O)N2CCC(Oc3ccc(F)cc3F)CC2)cnn1Cc1ccccc1. The molecule has 1 fully saturated rings. The Morgan fingerprint density at radius 2 is 1.87 bits per heavy atom. The standard InChI is InChI=1S/C23H23F2N3O2/c1-16-20(14-26-28(16)15-17-5-3-2-4-6-17)23(29)27-11-9-19(10-12-27)30-22-8-7-18(24)13-21(22)25/h2-8,13-14,19H,9-12,15H2,1H3. The molecule has 0 atom stereocenters. The number of hydrogen-bond acceptors (Lipinski definition) is 3. The van der Waals surface area contributed by atoms with E-state index in [0.717, 1.165) is 17.3 Å². The van der Waals surface area contributed by atoms with E-state index in [4.69, 9.17) is 4.74 Å². The van der Waals surface area contributed by atoms with Crippen LogP contribution in [0.3, 0.4) is 0 Å². The number of likely N-dealkylation sites (tertiary alicyclic amines) is 1. The van der Waals surface area contributed by atoms with Crippen LogP contribution in [0.5, 0.6) is 5.75 Å². The average Bonchev–Trinajstić information content (AvgIpc) is 3.11. The molecule has 0 aliphatic carbocycles. The summed E-state index contributed by atoms with van der Waals surface area (Å²) in [6.07, 6.45) is 2.58. The number of nitrogens with zero attached hydrogens (tertiary/aromatic N) is 3. The minimum Gasteiger partial charge on any atom is -0.487 e. The van der Waals surface area contributed by atoms with Crippen LogP contribution in [0.15, 0.2) is 54.7 Å². The van der Waals surface area contributed by atoms with Gasteiger partial charge in [-0.05, 0) is 24.6 Å². The molecule has 4 rings (SSSR count). The Balaban J connectivity index is 1.36. The maximum absolute atomic E-state index is 13.8. The van der Waals surface area contributed by atoms with Crippen molar-refractivity contribution in [2.45, 2.75) is 32.4 Å². The number of amides is 1. The van der Waals surface area contributed by atoms with Gasteiger partial charge in [0.15, 0.2) is 11.6 Å². The zero-order chi connectivity index (χ0) is 21.1. The molecule has 0 bridgehead atoms. The van der Waals surface area contributed by atoms with Crippen LogP contribution in [-0.4, -0.2) is 39.8 Å². The monoisotopic (exact) mass is 411 g/mol. The summed E-state index contributed by atoms with van der Waals surface area (Å²) in [5.41, 5.74) is 2.54. The number of carbonyl (C=O) groups excluding carboxylic acids is 1. The molecular weight excluding hydrogens is 388 g/mol. The van der Waals surface area contributed by atoms with Gasteiger partial charge in [0.25, 0.3) is 5.91 Å². The molecule has 30 heavy (non-hydrogen) atoms. The molecule has 0 unspecified atom stereocenters. The number of aromatic nitrogens is 2. The first kappa shape index (κ1) is 20.1. The predicted octanol–water partition coefficient (Wildman–Crippen LogP) is 4.20. The number of piperidine rings is 1. The molecule has 0 radical (unpaired) electrons. The Morgan fingerprint density at radius 3 is 2.57 bits per heavy atom. The van der Waals surface area contributed by atoms with Gasteiger partial charge in [-0.3, -0.25) is 9.48 Å². The molecule has 1 aliphatic heterocycles. The van der Waals surface area contributed by atoms with Crippen molar-refractivity contribution >= 4 is 5.91 Å². The molecule has 1 aromatic heterocycles. The van der Waals surface area contributed by atoms with Gasteiger partial charge in [0, 0.05) is 37.7 Å². The van der Waals surface area contributed by atoms with Gasteiger partial charge in [-0.2, -0.15) is 5.10 Å². The summed E-state index contributed by atoms with van der Waals surface area (Å²) in [6, 6.07) is 13.2. The molecule has 3 aromatic rings. The predicted molar refractivity (Wildman–Crippen MR) is 108 cm³/mol. The summed E-state index contributed by atoms with van der Waals surface area (Å²) in [5, 5.41) is 4.39. The lowest BCUT2D eigenvalue weighted by Gasteiger charge is -2.32. The summed E-state index contributed by atoms with van der Waals surface area (Å²) in [6.45, 7) is 3.53. The van der Waals surface area contributed by atoms with Gasteiger partial charge in [-0.15, -0.1) is 0 Å². The van der Waals surface area contributed by atoms with Crippen molar-refractivity contribution < 1.29 is 18.3 Å². The van der Waals surface area contributed by atoms with Crippen molar-refractivity contribution in [3.63, 3.8) is 0 Å². The van der Waals surface area contributed by atoms with Gasteiger partial charge in [0.2, 0.25) is 0 Å². The topological polar surface area (TPSA) is 47.4 Å². The molecular formula is C23H23F2N3O2. The third-order valence-corrected chi connectivity index (χ3v) is 5.43. The van der Waals surface area contributed by atoms with Crippen LogP contribution < -0.4 is 4.74 Å². The zero-order valence-corrected chi connectivity index (χ0v) is 16.7. The maximum atomic E-state index is 13.8. The number of carbonyl (C=O) groups is 1. The molecule has 0 N–H and O–H groups in total. The van der Waals surface area contributed by atoms with Gasteiger partial charge in [0.1, 0.15) is 11.9 Å². The van der Waals surface area contributed by atoms with E-state index < -0.39 is 11.6 Å². The highest BCUT2D eigenvalue weighted by atomic mass is 19.1. The second kappa shape index (κ2) is 8.65. The van der Waals surface area contributed by atoms with E-state index >= 15 is 0 Å². The van der Waals surface area contributed by atoms with E-state index in [2.05, 4.69) is 5.10 Å². The van der Waals surface area contributed by atoms with Crippen LogP contribution in [0.2, 0.25) is 0 Å². The minimum atomic E-state index is -0.713. The van der Waals surface area contributed by atoms with Gasteiger partial charge < -0.3 is 9.64 Å². The van der Waals surface area contributed by atoms with Crippen molar-refractivity contribution in [3.8, 4) is 5.75 Å². The highest BCUT2D eigenvalue weighted by Gasteiger charge is 2.27. The lowest BCUT2D eigenvalue weighted by molar-refractivity contribution is 0.0587. The number of halogens is 2. The maximum Gasteiger partial charge on any atom is 0.257 e. The molecule has 2 heterocycles. The Kier molecular flexibility index (Phi) is 5.79. The van der Waals surface area contributed by atoms with Gasteiger partial charge in [-0.25, -0.2) is 8.78 Å². The van der Waals surface area contributed by atoms with Crippen molar-refractivity contribution in [2.75, 3.05) is 13.1 Å². The van der Waals surface area contributed by atoms with E-state index in [-0.39, 0.29) is 17.8 Å². The first-order chi connectivity index (χ1) is 14.5. The highest BCUT2D eigenvalue weighted by Crippen LogP contribution is 2.24.